The fourth-order valence-corrected chi connectivity index (χ4v) is 1.62. The Kier molecular flexibility index (Phi) is 4.03. The first-order valence-corrected chi connectivity index (χ1v) is 5.19. The summed E-state index contributed by atoms with van der Waals surface area (Å²) in [7, 11) is 0. The lowest BCUT2D eigenvalue weighted by atomic mass is 10.1. The molecule has 1 aromatic carbocycles. The first kappa shape index (κ1) is 10.8. The third-order valence-corrected chi connectivity index (χ3v) is 2.97. The van der Waals surface area contributed by atoms with Crippen molar-refractivity contribution in [3.8, 4) is 5.75 Å². The third-order valence-electron chi connectivity index (χ3n) is 1.77. The summed E-state index contributed by atoms with van der Waals surface area (Å²) < 4.78 is 0.805. The van der Waals surface area contributed by atoms with Crippen molar-refractivity contribution in [1.29, 1.82) is 0 Å². The summed E-state index contributed by atoms with van der Waals surface area (Å²) in [6.07, 6.45) is 1.64. The minimum atomic E-state index is 0.238. The van der Waals surface area contributed by atoms with Crippen molar-refractivity contribution < 1.29 is 5.11 Å². The number of phenolic OH excluding ortho intramolecular Hbond substituents is 1. The van der Waals surface area contributed by atoms with Gasteiger partial charge in [0, 0.05) is 4.47 Å². The molecule has 0 aliphatic carbocycles. The lowest BCUT2D eigenvalue weighted by molar-refractivity contribution is 0.467. The van der Waals surface area contributed by atoms with Crippen LogP contribution >= 0.6 is 27.5 Å². The van der Waals surface area contributed by atoms with Crippen molar-refractivity contribution in [3.63, 3.8) is 0 Å². The molecule has 0 saturated carbocycles. The zero-order valence-electron chi connectivity index (χ0n) is 7.06. The predicted octanol–water partition coefficient (Wildman–Crippen LogP) is 2.70. The van der Waals surface area contributed by atoms with E-state index in [4.69, 9.17) is 17.3 Å². The maximum Gasteiger partial charge on any atom is 0.120 e. The normalized spacial score (nSPS) is 10.4. The molecule has 0 atom stereocenters. The molecule has 0 aromatic heterocycles. The average molecular weight is 265 g/mol. The van der Waals surface area contributed by atoms with Crippen LogP contribution in [0.5, 0.6) is 5.75 Å². The van der Waals surface area contributed by atoms with E-state index in [9.17, 15) is 5.11 Å². The molecule has 1 rings (SSSR count). The number of benzene rings is 1. The van der Waals surface area contributed by atoms with Crippen LogP contribution in [-0.2, 0) is 6.42 Å². The number of rotatable bonds is 3. The molecule has 0 aliphatic rings. The second-order valence-corrected chi connectivity index (χ2v) is 4.05. The van der Waals surface area contributed by atoms with Gasteiger partial charge < -0.3 is 10.8 Å². The SMILES string of the molecule is NCCCc1cc(Br)c(Cl)cc1O. The number of nitrogens with two attached hydrogens (primary N) is 1. The molecule has 3 N–H and O–H groups in total. The summed E-state index contributed by atoms with van der Waals surface area (Å²) in [5.41, 5.74) is 6.25. The Balaban J connectivity index is 2.88. The maximum absolute atomic E-state index is 9.50. The first-order valence-electron chi connectivity index (χ1n) is 4.02. The number of phenols is 1. The number of aryl methyl sites for hydroxylation is 1. The lowest BCUT2D eigenvalue weighted by Gasteiger charge is -2.05. The largest absolute Gasteiger partial charge is 0.508 e. The van der Waals surface area contributed by atoms with Crippen LogP contribution in [0.4, 0.5) is 0 Å². The molecular weight excluding hydrogens is 253 g/mol. The number of hydrogen-bond donors (Lipinski definition) is 2. The van der Waals surface area contributed by atoms with E-state index >= 15 is 0 Å². The van der Waals surface area contributed by atoms with E-state index in [1.54, 1.807) is 0 Å². The Morgan fingerprint density at radius 2 is 2.15 bits per heavy atom. The van der Waals surface area contributed by atoms with Crippen molar-refractivity contribution >= 4 is 27.5 Å². The fraction of sp³-hybridized carbons (Fsp3) is 0.333. The van der Waals surface area contributed by atoms with E-state index in [-0.39, 0.29) is 5.75 Å². The highest BCUT2D eigenvalue weighted by molar-refractivity contribution is 9.10. The van der Waals surface area contributed by atoms with Crippen LogP contribution in [0.15, 0.2) is 16.6 Å². The Morgan fingerprint density at radius 3 is 2.77 bits per heavy atom. The van der Waals surface area contributed by atoms with Gasteiger partial charge in [0.1, 0.15) is 5.75 Å². The van der Waals surface area contributed by atoms with Crippen LogP contribution in [-0.4, -0.2) is 11.7 Å². The van der Waals surface area contributed by atoms with E-state index in [0.29, 0.717) is 11.6 Å². The molecule has 0 amide bonds. The molecule has 0 unspecified atom stereocenters. The Hall–Kier alpha value is -0.250. The monoisotopic (exact) mass is 263 g/mol. The van der Waals surface area contributed by atoms with E-state index in [2.05, 4.69) is 15.9 Å². The van der Waals surface area contributed by atoms with Crippen molar-refractivity contribution in [2.24, 2.45) is 5.73 Å². The van der Waals surface area contributed by atoms with Gasteiger partial charge in [-0.2, -0.15) is 0 Å². The molecule has 2 nitrogen and oxygen atoms in total. The number of halogens is 2. The van der Waals surface area contributed by atoms with E-state index in [0.717, 1.165) is 22.9 Å². The van der Waals surface area contributed by atoms with Gasteiger partial charge in [0.05, 0.1) is 5.02 Å². The van der Waals surface area contributed by atoms with Crippen LogP contribution in [0.1, 0.15) is 12.0 Å². The summed E-state index contributed by atoms with van der Waals surface area (Å²) in [5, 5.41) is 10.0. The van der Waals surface area contributed by atoms with E-state index < -0.39 is 0 Å². The lowest BCUT2D eigenvalue weighted by Crippen LogP contribution is -2.00. The van der Waals surface area contributed by atoms with Crippen LogP contribution in [0.3, 0.4) is 0 Å². The highest BCUT2D eigenvalue weighted by Crippen LogP contribution is 2.30. The molecule has 0 fully saturated rings. The van der Waals surface area contributed by atoms with E-state index in [1.165, 1.54) is 6.07 Å². The summed E-state index contributed by atoms with van der Waals surface area (Å²) in [5.74, 6) is 0.238. The fourth-order valence-electron chi connectivity index (χ4n) is 1.07. The van der Waals surface area contributed by atoms with E-state index in [1.807, 2.05) is 6.07 Å². The summed E-state index contributed by atoms with van der Waals surface area (Å²) in [4.78, 5) is 0. The molecule has 13 heavy (non-hydrogen) atoms. The summed E-state index contributed by atoms with van der Waals surface area (Å²) in [6.45, 7) is 0.625. The third kappa shape index (κ3) is 2.86. The van der Waals surface area contributed by atoms with Gasteiger partial charge >= 0.3 is 0 Å². The van der Waals surface area contributed by atoms with Crippen LogP contribution in [0.2, 0.25) is 5.02 Å². The molecule has 0 heterocycles. The second-order valence-electron chi connectivity index (χ2n) is 2.79. The van der Waals surface area contributed by atoms with Gasteiger partial charge in [0.25, 0.3) is 0 Å². The smallest absolute Gasteiger partial charge is 0.120 e. The van der Waals surface area contributed by atoms with Gasteiger partial charge in [-0.1, -0.05) is 11.6 Å². The van der Waals surface area contributed by atoms with Crippen molar-refractivity contribution in [1.82, 2.24) is 0 Å². The highest BCUT2D eigenvalue weighted by atomic mass is 79.9. The molecule has 0 spiro atoms. The topological polar surface area (TPSA) is 46.2 Å². The Bertz CT molecular complexity index is 304. The molecule has 4 heteroatoms. The molecule has 0 bridgehead atoms. The van der Waals surface area contributed by atoms with Gasteiger partial charge in [-0.15, -0.1) is 0 Å². The number of aromatic hydroxyl groups is 1. The van der Waals surface area contributed by atoms with Gasteiger partial charge in [-0.3, -0.25) is 0 Å². The molecule has 0 radical (unpaired) electrons. The van der Waals surface area contributed by atoms with Gasteiger partial charge in [0.2, 0.25) is 0 Å². The first-order chi connectivity index (χ1) is 6.15. The second kappa shape index (κ2) is 4.84. The predicted molar refractivity (Wildman–Crippen MR) is 58.2 cm³/mol. The highest BCUT2D eigenvalue weighted by Gasteiger charge is 2.05. The minimum absolute atomic E-state index is 0.238. The zero-order chi connectivity index (χ0) is 9.84. The van der Waals surface area contributed by atoms with Crippen LogP contribution < -0.4 is 5.73 Å². The van der Waals surface area contributed by atoms with Crippen LogP contribution in [0.25, 0.3) is 0 Å². The van der Waals surface area contributed by atoms with Gasteiger partial charge in [0.15, 0.2) is 0 Å². The molecule has 1 aromatic rings. The molecule has 72 valence electrons. The molecule has 0 saturated heterocycles. The Morgan fingerprint density at radius 1 is 1.46 bits per heavy atom. The average Bonchev–Trinajstić information content (AvgIpc) is 2.09. The standard InChI is InChI=1S/C9H11BrClNO/c10-7-4-6(2-1-3-12)9(13)5-8(7)11/h4-5,13H,1-3,12H2. The van der Waals surface area contributed by atoms with Crippen molar-refractivity contribution in [2.45, 2.75) is 12.8 Å². The van der Waals surface area contributed by atoms with Crippen LogP contribution in [0, 0.1) is 0 Å². The number of hydrogen-bond acceptors (Lipinski definition) is 2. The molecule has 0 aliphatic heterocycles. The molecular formula is C9H11BrClNO. The van der Waals surface area contributed by atoms with Crippen molar-refractivity contribution in [2.75, 3.05) is 6.54 Å². The summed E-state index contributed by atoms with van der Waals surface area (Å²) in [6, 6.07) is 3.37. The zero-order valence-corrected chi connectivity index (χ0v) is 9.40. The van der Waals surface area contributed by atoms with Crippen molar-refractivity contribution in [3.05, 3.63) is 27.2 Å². The van der Waals surface area contributed by atoms with Gasteiger partial charge in [-0.05, 0) is 53.0 Å². The van der Waals surface area contributed by atoms with Gasteiger partial charge in [-0.25, -0.2) is 0 Å². The maximum atomic E-state index is 9.50. The quantitative estimate of drug-likeness (QED) is 0.882. The Labute approximate surface area is 90.8 Å². The summed E-state index contributed by atoms with van der Waals surface area (Å²) >= 11 is 9.09. The minimum Gasteiger partial charge on any atom is -0.508 e.